The van der Waals surface area contributed by atoms with E-state index in [1.165, 1.54) is 116 Å². The second-order valence-electron chi connectivity index (χ2n) is 14.2. The SMILES string of the molecule is CCCCCC1CCC(c2ccc(C34CCC(C5CCC(CCCCC)CC5)(CC3)CC4)cc2)CC1. The van der Waals surface area contributed by atoms with Gasteiger partial charge >= 0.3 is 0 Å². The van der Waals surface area contributed by atoms with Crippen molar-refractivity contribution >= 4 is 0 Å². The highest BCUT2D eigenvalue weighted by molar-refractivity contribution is 5.33. The Balaban J connectivity index is 1.11. The Hall–Kier alpha value is -0.780. The molecule has 0 N–H and O–H groups in total. The molecule has 5 fully saturated rings. The van der Waals surface area contributed by atoms with Crippen LogP contribution in [0.3, 0.4) is 0 Å². The Labute approximate surface area is 224 Å². The summed E-state index contributed by atoms with van der Waals surface area (Å²) < 4.78 is 0. The van der Waals surface area contributed by atoms with Gasteiger partial charge in [-0.05, 0) is 123 Å². The molecule has 6 rings (SSSR count). The van der Waals surface area contributed by atoms with Crippen molar-refractivity contribution in [2.75, 3.05) is 0 Å². The van der Waals surface area contributed by atoms with Gasteiger partial charge in [-0.3, -0.25) is 0 Å². The summed E-state index contributed by atoms with van der Waals surface area (Å²) in [4.78, 5) is 0. The minimum absolute atomic E-state index is 0.522. The maximum atomic E-state index is 2.59. The van der Waals surface area contributed by atoms with Crippen LogP contribution < -0.4 is 0 Å². The first-order chi connectivity index (χ1) is 17.7. The predicted molar refractivity (Wildman–Crippen MR) is 157 cm³/mol. The first kappa shape index (κ1) is 26.8. The van der Waals surface area contributed by atoms with Crippen LogP contribution in [0.25, 0.3) is 0 Å². The van der Waals surface area contributed by atoms with E-state index in [2.05, 4.69) is 38.1 Å². The minimum atomic E-state index is 0.522. The molecule has 0 unspecified atom stereocenters. The Morgan fingerprint density at radius 1 is 0.583 bits per heavy atom. The van der Waals surface area contributed by atoms with Crippen LogP contribution in [0.2, 0.25) is 0 Å². The Morgan fingerprint density at radius 3 is 1.58 bits per heavy atom. The predicted octanol–water partition coefficient (Wildman–Crippen LogP) is 11.5. The molecule has 0 amide bonds. The van der Waals surface area contributed by atoms with Crippen molar-refractivity contribution in [3.63, 3.8) is 0 Å². The third-order valence-corrected chi connectivity index (χ3v) is 12.3. The highest BCUT2D eigenvalue weighted by atomic mass is 14.6. The topological polar surface area (TPSA) is 0 Å². The number of benzene rings is 1. The first-order valence-corrected chi connectivity index (χ1v) is 16.8. The zero-order valence-electron chi connectivity index (χ0n) is 24.2. The fourth-order valence-electron chi connectivity index (χ4n) is 9.58. The summed E-state index contributed by atoms with van der Waals surface area (Å²) in [5.41, 5.74) is 4.60. The summed E-state index contributed by atoms with van der Waals surface area (Å²) in [6, 6.07) is 10.3. The monoisotopic (exact) mass is 490 g/mol. The Kier molecular flexibility index (Phi) is 9.22. The normalized spacial score (nSPS) is 36.7. The maximum Gasteiger partial charge on any atom is -0.00463 e. The first-order valence-electron chi connectivity index (χ1n) is 16.8. The summed E-state index contributed by atoms with van der Waals surface area (Å²) in [5.74, 6) is 3.97. The highest BCUT2D eigenvalue weighted by Crippen LogP contribution is 2.62. The zero-order valence-corrected chi connectivity index (χ0v) is 24.2. The molecule has 0 spiro atoms. The van der Waals surface area contributed by atoms with Crippen LogP contribution in [0, 0.1) is 23.2 Å². The van der Waals surface area contributed by atoms with Crippen LogP contribution in [0.5, 0.6) is 0 Å². The van der Waals surface area contributed by atoms with E-state index < -0.39 is 0 Å². The van der Waals surface area contributed by atoms with E-state index in [1.807, 2.05) is 0 Å². The number of hydrogen-bond donors (Lipinski definition) is 0. The van der Waals surface area contributed by atoms with E-state index in [9.17, 15) is 0 Å². The molecule has 0 nitrogen and oxygen atoms in total. The lowest BCUT2D eigenvalue weighted by Gasteiger charge is -2.58. The van der Waals surface area contributed by atoms with Gasteiger partial charge in [0.05, 0.1) is 0 Å². The summed E-state index contributed by atoms with van der Waals surface area (Å²) in [5, 5.41) is 0. The van der Waals surface area contributed by atoms with Gasteiger partial charge in [0.15, 0.2) is 0 Å². The van der Waals surface area contributed by atoms with Crippen LogP contribution in [-0.4, -0.2) is 0 Å². The van der Waals surface area contributed by atoms with Gasteiger partial charge in [0.1, 0.15) is 0 Å². The molecule has 5 saturated carbocycles. The Bertz CT molecular complexity index is 746. The van der Waals surface area contributed by atoms with E-state index in [0.717, 1.165) is 29.1 Å². The molecular weight excluding hydrogens is 432 g/mol. The number of rotatable bonds is 11. The molecule has 0 atom stereocenters. The molecule has 2 bridgehead atoms. The van der Waals surface area contributed by atoms with Crippen molar-refractivity contribution in [1.82, 2.24) is 0 Å². The second kappa shape index (κ2) is 12.4. The van der Waals surface area contributed by atoms with Crippen molar-refractivity contribution < 1.29 is 0 Å². The van der Waals surface area contributed by atoms with E-state index in [-0.39, 0.29) is 0 Å². The molecule has 36 heavy (non-hydrogen) atoms. The molecule has 0 saturated heterocycles. The molecule has 0 aliphatic heterocycles. The van der Waals surface area contributed by atoms with Crippen molar-refractivity contribution in [3.8, 4) is 0 Å². The van der Waals surface area contributed by atoms with Crippen LogP contribution in [0.4, 0.5) is 0 Å². The highest BCUT2D eigenvalue weighted by Gasteiger charge is 2.52. The van der Waals surface area contributed by atoms with Crippen LogP contribution in [0.1, 0.15) is 172 Å². The van der Waals surface area contributed by atoms with Gasteiger partial charge in [-0.1, -0.05) is 102 Å². The molecule has 5 aliphatic rings. The van der Waals surface area contributed by atoms with Gasteiger partial charge < -0.3 is 0 Å². The molecule has 1 aromatic rings. The van der Waals surface area contributed by atoms with Crippen molar-refractivity contribution in [3.05, 3.63) is 35.4 Å². The number of unbranched alkanes of at least 4 members (excludes halogenated alkanes) is 4. The number of hydrogen-bond acceptors (Lipinski definition) is 0. The quantitative estimate of drug-likeness (QED) is 0.270. The van der Waals surface area contributed by atoms with E-state index in [0.29, 0.717) is 5.41 Å². The molecule has 0 aromatic heterocycles. The fraction of sp³-hybridized carbons (Fsp3) is 0.833. The third-order valence-electron chi connectivity index (χ3n) is 12.3. The molecule has 202 valence electrons. The van der Waals surface area contributed by atoms with Crippen molar-refractivity contribution in [1.29, 1.82) is 0 Å². The standard InChI is InChI=1S/C36H58/c1-3-5-7-9-29-11-15-31(16-12-29)32-17-21-34(22-18-32)36-26-23-35(24-27-36,25-28-36)33-19-13-30(14-20-33)10-8-6-4-2/h17-18,21-22,29-31,33H,3-16,19-20,23-28H2,1-2H3. The van der Waals surface area contributed by atoms with Crippen molar-refractivity contribution in [2.24, 2.45) is 23.2 Å². The minimum Gasteiger partial charge on any atom is -0.0654 e. The second-order valence-corrected chi connectivity index (χ2v) is 14.2. The summed E-state index contributed by atoms with van der Waals surface area (Å²) in [7, 11) is 0. The van der Waals surface area contributed by atoms with E-state index in [4.69, 9.17) is 0 Å². The summed E-state index contributed by atoms with van der Waals surface area (Å²) >= 11 is 0. The van der Waals surface area contributed by atoms with E-state index >= 15 is 0 Å². The molecule has 1 aromatic carbocycles. The smallest absolute Gasteiger partial charge is 0.00463 e. The fourth-order valence-corrected chi connectivity index (χ4v) is 9.58. The van der Waals surface area contributed by atoms with Gasteiger partial charge in [-0.25, -0.2) is 0 Å². The lowest BCUT2D eigenvalue weighted by atomic mass is 9.47. The van der Waals surface area contributed by atoms with Gasteiger partial charge in [-0.15, -0.1) is 0 Å². The largest absolute Gasteiger partial charge is 0.0654 e. The molecule has 0 heterocycles. The van der Waals surface area contributed by atoms with Crippen LogP contribution in [-0.2, 0) is 5.41 Å². The van der Waals surface area contributed by atoms with Gasteiger partial charge in [0.2, 0.25) is 0 Å². The molecule has 0 heteroatoms. The number of fused-ring (bicyclic) bond motifs is 3. The van der Waals surface area contributed by atoms with E-state index in [1.54, 1.807) is 36.8 Å². The molecular formula is C36H58. The van der Waals surface area contributed by atoms with Crippen LogP contribution >= 0.6 is 0 Å². The lowest BCUT2D eigenvalue weighted by Crippen LogP contribution is -2.48. The lowest BCUT2D eigenvalue weighted by molar-refractivity contribution is -0.0294. The average Bonchev–Trinajstić information content (AvgIpc) is 2.95. The molecule has 0 radical (unpaired) electrons. The van der Waals surface area contributed by atoms with Gasteiger partial charge in [0, 0.05) is 0 Å². The zero-order chi connectivity index (χ0) is 24.8. The van der Waals surface area contributed by atoms with Gasteiger partial charge in [0.25, 0.3) is 0 Å². The Morgan fingerprint density at radius 2 is 1.08 bits per heavy atom. The average molecular weight is 491 g/mol. The van der Waals surface area contributed by atoms with Crippen molar-refractivity contribution in [2.45, 2.75) is 166 Å². The summed E-state index contributed by atoms with van der Waals surface area (Å²) in [6.45, 7) is 4.68. The molecule has 5 aliphatic carbocycles. The third kappa shape index (κ3) is 5.94. The maximum absolute atomic E-state index is 2.59. The summed E-state index contributed by atoms with van der Waals surface area (Å²) in [6.07, 6.45) is 32.6. The van der Waals surface area contributed by atoms with Gasteiger partial charge in [-0.2, -0.15) is 0 Å². The van der Waals surface area contributed by atoms with Crippen LogP contribution in [0.15, 0.2) is 24.3 Å².